The van der Waals surface area contributed by atoms with Crippen molar-refractivity contribution in [2.45, 2.75) is 39.3 Å². The summed E-state index contributed by atoms with van der Waals surface area (Å²) in [5.41, 5.74) is 1.73. The van der Waals surface area contributed by atoms with Gasteiger partial charge >= 0.3 is 6.03 Å². The molecule has 2 rings (SSSR count). The van der Waals surface area contributed by atoms with Gasteiger partial charge in [-0.1, -0.05) is 19.1 Å². The molecule has 0 aliphatic carbocycles. The third-order valence-corrected chi connectivity index (χ3v) is 4.43. The second kappa shape index (κ2) is 8.68. The maximum atomic E-state index is 12.2. The van der Waals surface area contributed by atoms with Gasteiger partial charge in [0.15, 0.2) is 0 Å². The molecular formula is C18H28N4O2. The predicted octanol–water partition coefficient (Wildman–Crippen LogP) is 2.27. The molecule has 1 saturated heterocycles. The molecule has 0 aromatic heterocycles. The van der Waals surface area contributed by atoms with Gasteiger partial charge in [-0.2, -0.15) is 0 Å². The highest BCUT2D eigenvalue weighted by atomic mass is 16.2. The highest BCUT2D eigenvalue weighted by Gasteiger charge is 2.20. The lowest BCUT2D eigenvalue weighted by Crippen LogP contribution is -2.48. The smallest absolute Gasteiger partial charge is 0.319 e. The fourth-order valence-electron chi connectivity index (χ4n) is 2.95. The number of nitrogens with one attached hydrogen (secondary N) is 2. The average Bonchev–Trinajstić information content (AvgIpc) is 2.55. The highest BCUT2D eigenvalue weighted by molar-refractivity contribution is 5.89. The minimum absolute atomic E-state index is 0.0175. The first kappa shape index (κ1) is 18.3. The number of benzene rings is 1. The number of hydrogen-bond donors (Lipinski definition) is 2. The maximum Gasteiger partial charge on any atom is 0.319 e. The number of anilines is 1. The zero-order valence-electron chi connectivity index (χ0n) is 14.8. The molecule has 1 aliphatic rings. The summed E-state index contributed by atoms with van der Waals surface area (Å²) in [6, 6.07) is 7.62. The van der Waals surface area contributed by atoms with Crippen LogP contribution in [0.1, 0.15) is 32.3 Å². The molecular weight excluding hydrogens is 304 g/mol. The van der Waals surface area contributed by atoms with Gasteiger partial charge in [-0.15, -0.1) is 0 Å². The van der Waals surface area contributed by atoms with Crippen molar-refractivity contribution in [1.82, 2.24) is 15.1 Å². The Balaban J connectivity index is 1.88. The molecule has 6 heteroatoms. The number of piperidine rings is 1. The zero-order chi connectivity index (χ0) is 17.5. The topological polar surface area (TPSA) is 64.7 Å². The van der Waals surface area contributed by atoms with Crippen molar-refractivity contribution in [1.29, 1.82) is 0 Å². The fourth-order valence-corrected chi connectivity index (χ4v) is 2.95. The van der Waals surface area contributed by atoms with Crippen LogP contribution in [0.3, 0.4) is 0 Å². The van der Waals surface area contributed by atoms with Gasteiger partial charge < -0.3 is 20.4 Å². The summed E-state index contributed by atoms with van der Waals surface area (Å²) in [4.78, 5) is 27.5. The van der Waals surface area contributed by atoms with Crippen molar-refractivity contribution < 1.29 is 9.59 Å². The maximum absolute atomic E-state index is 12.2. The molecule has 0 spiro atoms. The highest BCUT2D eigenvalue weighted by Crippen LogP contribution is 2.13. The van der Waals surface area contributed by atoms with Gasteiger partial charge in [0.25, 0.3) is 0 Å². The summed E-state index contributed by atoms with van der Waals surface area (Å²) >= 11 is 0. The van der Waals surface area contributed by atoms with E-state index >= 15 is 0 Å². The minimum atomic E-state index is -0.171. The van der Waals surface area contributed by atoms with Crippen LogP contribution >= 0.6 is 0 Å². The molecule has 1 aromatic carbocycles. The molecule has 1 heterocycles. The largest absolute Gasteiger partial charge is 0.342 e. The summed E-state index contributed by atoms with van der Waals surface area (Å²) in [5.74, 6) is 0.0175. The Hall–Kier alpha value is -2.08. The van der Waals surface area contributed by atoms with Gasteiger partial charge in [0, 0.05) is 38.8 Å². The lowest BCUT2D eigenvalue weighted by Gasteiger charge is -2.32. The normalized spacial score (nSPS) is 18.0. The number of likely N-dealkylation sites (tertiary alicyclic amines) is 1. The van der Waals surface area contributed by atoms with Crippen LogP contribution in [0.4, 0.5) is 10.5 Å². The number of carbonyl (C=O) groups excluding carboxylic acids is 2. The van der Waals surface area contributed by atoms with Crippen LogP contribution in [-0.2, 0) is 11.3 Å². The van der Waals surface area contributed by atoms with Crippen LogP contribution in [-0.4, -0.2) is 54.5 Å². The lowest BCUT2D eigenvalue weighted by molar-refractivity contribution is -0.128. The Labute approximate surface area is 144 Å². The first-order valence-electron chi connectivity index (χ1n) is 8.58. The summed E-state index contributed by atoms with van der Waals surface area (Å²) in [6.07, 6.45) is 2.14. The summed E-state index contributed by atoms with van der Waals surface area (Å²) in [6.45, 7) is 7.26. The molecule has 6 nitrogen and oxygen atoms in total. The van der Waals surface area contributed by atoms with Crippen LogP contribution in [0.2, 0.25) is 0 Å². The van der Waals surface area contributed by atoms with Crippen molar-refractivity contribution in [2.75, 3.05) is 32.0 Å². The molecule has 1 fully saturated rings. The van der Waals surface area contributed by atoms with Crippen molar-refractivity contribution in [3.63, 3.8) is 0 Å². The molecule has 2 N–H and O–H groups in total. The minimum Gasteiger partial charge on any atom is -0.342 e. The van der Waals surface area contributed by atoms with Gasteiger partial charge in [-0.05, 0) is 43.6 Å². The number of amides is 3. The van der Waals surface area contributed by atoms with Crippen molar-refractivity contribution in [3.8, 4) is 0 Å². The number of carbonyl (C=O) groups is 2. The zero-order valence-corrected chi connectivity index (χ0v) is 14.8. The molecule has 24 heavy (non-hydrogen) atoms. The first-order chi connectivity index (χ1) is 11.5. The molecule has 1 unspecified atom stereocenters. The van der Waals surface area contributed by atoms with E-state index < -0.39 is 0 Å². The van der Waals surface area contributed by atoms with Gasteiger partial charge in [-0.3, -0.25) is 4.79 Å². The third kappa shape index (κ3) is 5.53. The summed E-state index contributed by atoms with van der Waals surface area (Å²) in [7, 11) is 1.76. The van der Waals surface area contributed by atoms with Crippen LogP contribution in [0.5, 0.6) is 0 Å². The van der Waals surface area contributed by atoms with E-state index in [9.17, 15) is 9.59 Å². The summed E-state index contributed by atoms with van der Waals surface area (Å²) < 4.78 is 0. The second-order valence-corrected chi connectivity index (χ2v) is 6.41. The molecule has 0 saturated carbocycles. The van der Waals surface area contributed by atoms with Crippen molar-refractivity contribution >= 4 is 17.6 Å². The number of urea groups is 1. The van der Waals surface area contributed by atoms with Gasteiger partial charge in [0.1, 0.15) is 0 Å². The summed E-state index contributed by atoms with van der Waals surface area (Å²) in [5, 5.41) is 5.95. The van der Waals surface area contributed by atoms with E-state index in [1.165, 1.54) is 0 Å². The first-order valence-corrected chi connectivity index (χ1v) is 8.58. The number of likely N-dealkylation sites (N-methyl/N-ethyl adjacent to an activating group) is 1. The SMILES string of the molecule is CCN1CCCC(NC(=O)Nc2cccc(CN(C)C(C)=O)c2)C1. The van der Waals surface area contributed by atoms with E-state index in [0.717, 1.165) is 43.7 Å². The molecule has 1 aromatic rings. The van der Waals surface area contributed by atoms with Gasteiger partial charge in [0.05, 0.1) is 0 Å². The monoisotopic (exact) mass is 332 g/mol. The lowest BCUT2D eigenvalue weighted by atomic mass is 10.1. The van der Waals surface area contributed by atoms with E-state index in [4.69, 9.17) is 0 Å². The Morgan fingerprint density at radius 2 is 2.17 bits per heavy atom. The molecule has 132 valence electrons. The fraction of sp³-hybridized carbons (Fsp3) is 0.556. The van der Waals surface area contributed by atoms with Crippen LogP contribution in [0, 0.1) is 0 Å². The van der Waals surface area contributed by atoms with E-state index in [2.05, 4.69) is 22.5 Å². The molecule has 1 aliphatic heterocycles. The standard InChI is InChI=1S/C18H28N4O2/c1-4-22-10-6-9-17(13-22)20-18(24)19-16-8-5-7-15(11-16)12-21(3)14(2)23/h5,7-8,11,17H,4,6,9-10,12-13H2,1-3H3,(H2,19,20,24). The Morgan fingerprint density at radius 1 is 1.38 bits per heavy atom. The number of nitrogens with zero attached hydrogens (tertiary/aromatic N) is 2. The number of hydrogen-bond acceptors (Lipinski definition) is 3. The van der Waals surface area contributed by atoms with E-state index in [1.807, 2.05) is 24.3 Å². The molecule has 1 atom stereocenters. The average molecular weight is 332 g/mol. The molecule has 0 bridgehead atoms. The quantitative estimate of drug-likeness (QED) is 0.869. The van der Waals surface area contributed by atoms with E-state index in [1.54, 1.807) is 18.9 Å². The van der Waals surface area contributed by atoms with Crippen LogP contribution in [0.15, 0.2) is 24.3 Å². The van der Waals surface area contributed by atoms with E-state index in [-0.39, 0.29) is 18.0 Å². The second-order valence-electron chi connectivity index (χ2n) is 6.41. The Bertz CT molecular complexity index is 576. The van der Waals surface area contributed by atoms with Crippen molar-refractivity contribution in [3.05, 3.63) is 29.8 Å². The van der Waals surface area contributed by atoms with Gasteiger partial charge in [-0.25, -0.2) is 4.79 Å². The Morgan fingerprint density at radius 3 is 2.88 bits per heavy atom. The van der Waals surface area contributed by atoms with Crippen molar-refractivity contribution in [2.24, 2.45) is 0 Å². The van der Waals surface area contributed by atoms with E-state index in [0.29, 0.717) is 6.54 Å². The van der Waals surface area contributed by atoms with Gasteiger partial charge in [0.2, 0.25) is 5.91 Å². The third-order valence-electron chi connectivity index (χ3n) is 4.43. The van der Waals surface area contributed by atoms with Crippen LogP contribution in [0.25, 0.3) is 0 Å². The Kier molecular flexibility index (Phi) is 6.61. The molecule has 0 radical (unpaired) electrons. The predicted molar refractivity (Wildman–Crippen MR) is 95.9 cm³/mol. The molecule has 3 amide bonds. The van der Waals surface area contributed by atoms with Crippen LogP contribution < -0.4 is 10.6 Å². The number of rotatable bonds is 5.